The summed E-state index contributed by atoms with van der Waals surface area (Å²) in [6.45, 7) is 4.45. The van der Waals surface area contributed by atoms with Crippen LogP contribution in [-0.4, -0.2) is 41.9 Å². The molecule has 0 rings (SSSR count). The van der Waals surface area contributed by atoms with Gasteiger partial charge in [-0.05, 0) is 57.8 Å². The van der Waals surface area contributed by atoms with Crippen molar-refractivity contribution in [1.82, 2.24) is 5.32 Å². The molecule has 0 aliphatic rings. The van der Waals surface area contributed by atoms with Crippen LogP contribution >= 0.6 is 0 Å². The predicted octanol–water partition coefficient (Wildman–Crippen LogP) is 9.01. The van der Waals surface area contributed by atoms with Gasteiger partial charge < -0.3 is 10.4 Å². The van der Waals surface area contributed by atoms with E-state index in [1.54, 1.807) is 6.08 Å². The molecule has 240 valence electrons. The zero-order valence-corrected chi connectivity index (χ0v) is 27.2. The zero-order valence-electron chi connectivity index (χ0n) is 26.4. The number of hydrogen-bond donors (Lipinski definition) is 3. The molecule has 0 aromatic heterocycles. The first-order valence-electron chi connectivity index (χ1n) is 16.7. The minimum atomic E-state index is -4.34. The fourth-order valence-electron chi connectivity index (χ4n) is 4.75. The van der Waals surface area contributed by atoms with Crippen molar-refractivity contribution in [3.8, 4) is 0 Å². The van der Waals surface area contributed by atoms with Gasteiger partial charge in [0.25, 0.3) is 10.1 Å². The van der Waals surface area contributed by atoms with Gasteiger partial charge in [-0.1, -0.05) is 127 Å². The maximum absolute atomic E-state index is 12.4. The van der Waals surface area contributed by atoms with Crippen molar-refractivity contribution >= 4 is 16.0 Å². The van der Waals surface area contributed by atoms with Crippen molar-refractivity contribution in [3.05, 3.63) is 36.5 Å². The molecule has 0 spiro atoms. The average Bonchev–Trinajstić information content (AvgIpc) is 2.92. The number of carbonyl (C=O) groups is 1. The van der Waals surface area contributed by atoms with Crippen LogP contribution in [0.15, 0.2) is 36.5 Å². The van der Waals surface area contributed by atoms with Crippen LogP contribution < -0.4 is 5.32 Å². The van der Waals surface area contributed by atoms with Crippen LogP contribution in [0.25, 0.3) is 0 Å². The summed E-state index contributed by atoms with van der Waals surface area (Å²) in [5, 5.41) is 13.1. The molecule has 2 unspecified atom stereocenters. The predicted molar refractivity (Wildman–Crippen MR) is 175 cm³/mol. The third-order valence-electron chi connectivity index (χ3n) is 7.29. The quantitative estimate of drug-likeness (QED) is 0.0453. The fourth-order valence-corrected chi connectivity index (χ4v) is 5.49. The molecule has 0 fully saturated rings. The van der Waals surface area contributed by atoms with E-state index in [1.165, 1.54) is 83.1 Å². The molecule has 0 aromatic rings. The first kappa shape index (κ1) is 39.6. The standard InChI is InChI=1S/C34H63NO5S/c1-3-5-7-9-11-13-15-16-17-18-19-20-22-24-26-28-30-34(37)35-32(31-41(38,39)40)33(36)29-27-25-23-21-14-12-10-8-6-4-2/h14,17-18,21,27,29,32-33,36H,3-13,15-16,19-20,22-26,28,30-31H2,1-2H3,(H,35,37)(H,38,39,40)/b18-17-,21-14+,29-27+. The maximum atomic E-state index is 12.4. The Morgan fingerprint density at radius 2 is 1.05 bits per heavy atom. The van der Waals surface area contributed by atoms with E-state index in [1.807, 2.05) is 0 Å². The highest BCUT2D eigenvalue weighted by Gasteiger charge is 2.24. The Bertz CT molecular complexity index is 791. The van der Waals surface area contributed by atoms with Gasteiger partial charge in [-0.15, -0.1) is 0 Å². The number of allylic oxidation sites excluding steroid dienone is 5. The molecule has 0 heterocycles. The third kappa shape index (κ3) is 29.8. The number of aliphatic hydroxyl groups is 1. The van der Waals surface area contributed by atoms with Crippen LogP contribution in [0.3, 0.4) is 0 Å². The molecule has 0 aliphatic heterocycles. The van der Waals surface area contributed by atoms with E-state index in [-0.39, 0.29) is 12.3 Å². The molecule has 2 atom stereocenters. The Balaban J connectivity index is 4.06. The molecule has 41 heavy (non-hydrogen) atoms. The van der Waals surface area contributed by atoms with E-state index in [9.17, 15) is 22.9 Å². The largest absolute Gasteiger partial charge is 0.387 e. The lowest BCUT2D eigenvalue weighted by Gasteiger charge is -2.21. The molecular weight excluding hydrogens is 534 g/mol. The second kappa shape index (κ2) is 28.7. The van der Waals surface area contributed by atoms with Crippen LogP contribution in [0.1, 0.15) is 155 Å². The van der Waals surface area contributed by atoms with E-state index in [0.29, 0.717) is 6.42 Å². The monoisotopic (exact) mass is 597 g/mol. The van der Waals surface area contributed by atoms with Crippen LogP contribution in [-0.2, 0) is 14.9 Å². The molecule has 0 bridgehead atoms. The summed E-state index contributed by atoms with van der Waals surface area (Å²) in [6, 6.07) is -1.07. The Kier molecular flexibility index (Phi) is 27.7. The number of aliphatic hydroxyl groups excluding tert-OH is 1. The number of carbonyl (C=O) groups excluding carboxylic acids is 1. The van der Waals surface area contributed by atoms with Gasteiger partial charge in [0.2, 0.25) is 5.91 Å². The minimum absolute atomic E-state index is 0.278. The van der Waals surface area contributed by atoms with E-state index in [2.05, 4.69) is 43.5 Å². The van der Waals surface area contributed by atoms with Gasteiger partial charge >= 0.3 is 0 Å². The average molecular weight is 598 g/mol. The van der Waals surface area contributed by atoms with Gasteiger partial charge in [-0.3, -0.25) is 9.35 Å². The minimum Gasteiger partial charge on any atom is -0.387 e. The second-order valence-corrected chi connectivity index (χ2v) is 12.9. The molecule has 3 N–H and O–H groups in total. The maximum Gasteiger partial charge on any atom is 0.267 e. The summed E-state index contributed by atoms with van der Waals surface area (Å²) in [4.78, 5) is 12.4. The lowest BCUT2D eigenvalue weighted by atomic mass is 10.1. The van der Waals surface area contributed by atoms with Gasteiger partial charge in [0.15, 0.2) is 0 Å². The van der Waals surface area contributed by atoms with E-state index < -0.39 is 28.0 Å². The second-order valence-electron chi connectivity index (χ2n) is 11.4. The molecule has 0 aromatic carbocycles. The van der Waals surface area contributed by atoms with Crippen LogP contribution in [0.2, 0.25) is 0 Å². The highest BCUT2D eigenvalue weighted by atomic mass is 32.2. The van der Waals surface area contributed by atoms with Gasteiger partial charge in [-0.2, -0.15) is 8.42 Å². The Morgan fingerprint density at radius 3 is 1.56 bits per heavy atom. The van der Waals surface area contributed by atoms with Crippen molar-refractivity contribution < 1.29 is 22.9 Å². The molecule has 1 amide bonds. The Labute approximate surface area is 253 Å². The van der Waals surface area contributed by atoms with Gasteiger partial charge in [-0.25, -0.2) is 0 Å². The van der Waals surface area contributed by atoms with Crippen LogP contribution in [0.5, 0.6) is 0 Å². The summed E-state index contributed by atoms with van der Waals surface area (Å²) >= 11 is 0. The third-order valence-corrected chi connectivity index (χ3v) is 8.07. The van der Waals surface area contributed by atoms with Gasteiger partial charge in [0, 0.05) is 6.42 Å². The molecule has 0 radical (unpaired) electrons. The van der Waals surface area contributed by atoms with Crippen molar-refractivity contribution in [2.45, 2.75) is 167 Å². The lowest BCUT2D eigenvalue weighted by Crippen LogP contribution is -2.46. The first-order chi connectivity index (χ1) is 19.8. The first-order valence-corrected chi connectivity index (χ1v) is 18.3. The lowest BCUT2D eigenvalue weighted by molar-refractivity contribution is -0.122. The van der Waals surface area contributed by atoms with Crippen molar-refractivity contribution in [3.63, 3.8) is 0 Å². The summed E-state index contributed by atoms with van der Waals surface area (Å²) in [7, 11) is -4.34. The fraction of sp³-hybridized carbons (Fsp3) is 0.794. The normalized spacial score (nSPS) is 14.0. The molecule has 0 aliphatic carbocycles. The number of unbranched alkanes of at least 4 members (excludes halogenated alkanes) is 17. The zero-order chi connectivity index (χ0) is 30.4. The molecular formula is C34H63NO5S. The summed E-state index contributed by atoms with van der Waals surface area (Å²) in [5.74, 6) is -1.01. The van der Waals surface area contributed by atoms with Gasteiger partial charge in [0.1, 0.15) is 0 Å². The Morgan fingerprint density at radius 1 is 0.634 bits per heavy atom. The van der Waals surface area contributed by atoms with E-state index >= 15 is 0 Å². The topological polar surface area (TPSA) is 104 Å². The van der Waals surface area contributed by atoms with Crippen LogP contribution in [0, 0.1) is 0 Å². The number of nitrogens with one attached hydrogen (secondary N) is 1. The molecule has 7 heteroatoms. The SMILES string of the molecule is CCCCCC/C=C/CC/C=C/C(O)C(CS(=O)(=O)O)NC(=O)CCCCCCC/C=C\CCCCCCCCC. The summed E-state index contributed by atoms with van der Waals surface area (Å²) in [5.41, 5.74) is 0. The van der Waals surface area contributed by atoms with E-state index in [0.717, 1.165) is 51.4 Å². The van der Waals surface area contributed by atoms with Crippen molar-refractivity contribution in [1.29, 1.82) is 0 Å². The van der Waals surface area contributed by atoms with Crippen molar-refractivity contribution in [2.75, 3.05) is 5.75 Å². The Hall–Kier alpha value is -1.44. The highest BCUT2D eigenvalue weighted by Crippen LogP contribution is 2.11. The summed E-state index contributed by atoms with van der Waals surface area (Å²) < 4.78 is 32.2. The smallest absolute Gasteiger partial charge is 0.267 e. The summed E-state index contributed by atoms with van der Waals surface area (Å²) in [6.07, 6.45) is 35.6. The highest BCUT2D eigenvalue weighted by molar-refractivity contribution is 7.85. The molecule has 0 saturated carbocycles. The van der Waals surface area contributed by atoms with E-state index in [4.69, 9.17) is 0 Å². The molecule has 6 nitrogen and oxygen atoms in total. The number of hydrogen-bond acceptors (Lipinski definition) is 4. The number of amides is 1. The number of rotatable bonds is 29. The molecule has 0 saturated heterocycles. The van der Waals surface area contributed by atoms with Crippen LogP contribution in [0.4, 0.5) is 0 Å². The van der Waals surface area contributed by atoms with Crippen molar-refractivity contribution in [2.24, 2.45) is 0 Å². The van der Waals surface area contributed by atoms with Gasteiger partial charge in [0.05, 0.1) is 17.9 Å².